The molecule has 1 heterocycles. The number of carbonyl (C=O) groups is 4. The Morgan fingerprint density at radius 2 is 0.941 bits per heavy atom. The number of methoxy groups -OCH3 is 2. The van der Waals surface area contributed by atoms with Crippen LogP contribution in [0.1, 0.15) is 29.2 Å². The molecule has 3 aliphatic rings. The van der Waals surface area contributed by atoms with Crippen molar-refractivity contribution < 1.29 is 33.4 Å². The lowest BCUT2D eigenvalue weighted by Gasteiger charge is -2.39. The molecule has 51 heavy (non-hydrogen) atoms. The van der Waals surface area contributed by atoms with Crippen LogP contribution in [0.5, 0.6) is 17.2 Å². The highest BCUT2D eigenvalue weighted by atomic mass is 16.5. The lowest BCUT2D eigenvalue weighted by Crippen LogP contribution is -2.45. The highest BCUT2D eigenvalue weighted by Gasteiger charge is 2.82. The van der Waals surface area contributed by atoms with Crippen molar-refractivity contribution in [2.24, 2.45) is 11.8 Å². The summed E-state index contributed by atoms with van der Waals surface area (Å²) in [5.41, 5.74) is 1.30. The summed E-state index contributed by atoms with van der Waals surface area (Å²) in [5, 5.41) is 0. The Balaban J connectivity index is 1.48. The van der Waals surface area contributed by atoms with Crippen LogP contribution in [0.25, 0.3) is 11.1 Å². The minimum Gasteiger partial charge on any atom is -0.497 e. The van der Waals surface area contributed by atoms with Crippen molar-refractivity contribution in [1.82, 2.24) is 0 Å². The van der Waals surface area contributed by atoms with E-state index in [-0.39, 0.29) is 11.5 Å². The zero-order valence-corrected chi connectivity index (χ0v) is 28.2. The van der Waals surface area contributed by atoms with E-state index in [2.05, 4.69) is 0 Å². The Bertz CT molecular complexity index is 2100. The number of anilines is 1. The lowest BCUT2D eigenvalue weighted by molar-refractivity contribution is -0.132. The number of nitrogens with zero attached hydrogens (tertiary/aromatic N) is 1. The Kier molecular flexibility index (Phi) is 7.49. The second-order valence-corrected chi connectivity index (χ2v) is 12.9. The van der Waals surface area contributed by atoms with Gasteiger partial charge in [-0.1, -0.05) is 84.9 Å². The van der Waals surface area contributed by atoms with Crippen molar-refractivity contribution in [3.05, 3.63) is 156 Å². The fourth-order valence-corrected chi connectivity index (χ4v) is 8.72. The van der Waals surface area contributed by atoms with Gasteiger partial charge < -0.3 is 14.2 Å². The maximum atomic E-state index is 16.1. The van der Waals surface area contributed by atoms with E-state index in [4.69, 9.17) is 14.2 Å². The molecule has 2 fully saturated rings. The molecule has 0 N–H and O–H groups in total. The predicted molar refractivity (Wildman–Crippen MR) is 191 cm³/mol. The van der Waals surface area contributed by atoms with Crippen LogP contribution in [0.4, 0.5) is 5.69 Å². The van der Waals surface area contributed by atoms with Crippen LogP contribution >= 0.6 is 0 Å². The number of hydrogen-bond donors (Lipinski definition) is 0. The third-order valence-electron chi connectivity index (χ3n) is 10.6. The quantitative estimate of drug-likeness (QED) is 0.101. The number of benzene rings is 5. The van der Waals surface area contributed by atoms with Gasteiger partial charge in [0, 0.05) is 6.92 Å². The highest BCUT2D eigenvalue weighted by molar-refractivity contribution is 6.39. The van der Waals surface area contributed by atoms with E-state index in [0.717, 1.165) is 11.1 Å². The average molecular weight is 676 g/mol. The third-order valence-corrected chi connectivity index (χ3v) is 10.6. The van der Waals surface area contributed by atoms with Crippen LogP contribution in [-0.4, -0.2) is 37.8 Å². The molecule has 0 aromatic heterocycles. The first-order valence-electron chi connectivity index (χ1n) is 16.6. The molecule has 1 aliphatic heterocycles. The summed E-state index contributed by atoms with van der Waals surface area (Å²) in [4.78, 5) is 59.2. The second-order valence-electron chi connectivity index (χ2n) is 12.9. The summed E-state index contributed by atoms with van der Waals surface area (Å²) < 4.78 is 16.3. The topological polar surface area (TPSA) is 99.2 Å². The zero-order valence-electron chi connectivity index (χ0n) is 28.2. The molecule has 0 unspecified atom stereocenters. The number of hydrogen-bond acceptors (Lipinski definition) is 7. The molecule has 2 amide bonds. The number of rotatable bonds is 8. The maximum absolute atomic E-state index is 16.1. The van der Waals surface area contributed by atoms with Crippen molar-refractivity contribution in [3.63, 3.8) is 0 Å². The number of ether oxygens (including phenoxy) is 3. The van der Waals surface area contributed by atoms with E-state index in [0.29, 0.717) is 39.5 Å². The van der Waals surface area contributed by atoms with Crippen molar-refractivity contribution >= 4 is 40.4 Å². The number of Topliss-reactive ketones (excluding diaryl/α,β-unsaturated/α-hetero) is 1. The van der Waals surface area contributed by atoms with Crippen LogP contribution in [0, 0.1) is 11.8 Å². The van der Waals surface area contributed by atoms with E-state index in [1.165, 1.54) is 11.8 Å². The minimum absolute atomic E-state index is 0.217. The molecule has 4 atom stereocenters. The molecule has 2 aliphatic carbocycles. The normalized spacial score (nSPS) is 23.4. The Morgan fingerprint density at radius 1 is 0.549 bits per heavy atom. The summed E-state index contributed by atoms with van der Waals surface area (Å²) in [6.45, 7) is 1.30. The number of esters is 1. The van der Waals surface area contributed by atoms with Gasteiger partial charge in [0.1, 0.15) is 17.2 Å². The molecule has 8 rings (SSSR count). The van der Waals surface area contributed by atoms with Gasteiger partial charge in [-0.25, -0.2) is 4.90 Å². The number of allylic oxidation sites excluding steroid dienone is 2. The number of fused-ring (bicyclic) bond motifs is 5. The van der Waals surface area contributed by atoms with Crippen molar-refractivity contribution in [2.75, 3.05) is 19.1 Å². The fraction of sp³-hybridized carbons (Fsp3) is 0.163. The Morgan fingerprint density at radius 3 is 1.31 bits per heavy atom. The SMILES string of the molecule is COc1ccc(C2=C(c3ccc(OC)cc3)[C@@]3(c4ccccc4)C(=O)[C@@]2(c2ccccc2)[C@H]2C(=O)N(c4ccc(OC(C)=O)cc4)C(=O)[C@@H]23)cc1. The van der Waals surface area contributed by atoms with Gasteiger partial charge in [0.2, 0.25) is 11.8 Å². The van der Waals surface area contributed by atoms with Crippen LogP contribution < -0.4 is 19.1 Å². The predicted octanol–water partition coefficient (Wildman–Crippen LogP) is 6.82. The lowest BCUT2D eigenvalue weighted by atomic mass is 9.59. The Labute approximate surface area is 294 Å². The van der Waals surface area contributed by atoms with Gasteiger partial charge in [-0.3, -0.25) is 19.2 Å². The van der Waals surface area contributed by atoms with Gasteiger partial charge in [-0.05, 0) is 81.9 Å². The molecule has 252 valence electrons. The second kappa shape index (κ2) is 11.9. The highest BCUT2D eigenvalue weighted by Crippen LogP contribution is 2.74. The zero-order chi connectivity index (χ0) is 35.5. The van der Waals surface area contributed by atoms with Crippen LogP contribution in [0.15, 0.2) is 133 Å². The summed E-state index contributed by atoms with van der Waals surface area (Å²) in [7, 11) is 3.18. The van der Waals surface area contributed by atoms with Gasteiger partial charge in [-0.2, -0.15) is 0 Å². The largest absolute Gasteiger partial charge is 0.497 e. The van der Waals surface area contributed by atoms with E-state index >= 15 is 14.4 Å². The van der Waals surface area contributed by atoms with Crippen molar-refractivity contribution in [3.8, 4) is 17.2 Å². The smallest absolute Gasteiger partial charge is 0.308 e. The summed E-state index contributed by atoms with van der Waals surface area (Å²) in [6, 6.07) is 40.0. The van der Waals surface area contributed by atoms with Gasteiger partial charge in [-0.15, -0.1) is 0 Å². The molecule has 1 saturated carbocycles. The molecule has 0 radical (unpaired) electrons. The van der Waals surface area contributed by atoms with Crippen molar-refractivity contribution in [1.29, 1.82) is 0 Å². The Hall–Kier alpha value is -6.28. The number of ketones is 1. The monoisotopic (exact) mass is 675 g/mol. The standard InChI is InChI=1S/C43H33NO7/c1-26(45)51-34-24-18-31(19-25-34)44-39(46)37-38(40(44)47)43(30-12-8-5-9-13-30)36(28-16-22-33(50-3)23-17-28)35(27-14-20-32(49-2)21-15-27)42(37,41(43)48)29-10-6-4-7-11-29/h4-25,37-38H,1-3H3/t37-,38-,42-,43-/m1/s1. The molecular formula is C43H33NO7. The van der Waals surface area contributed by atoms with Gasteiger partial charge in [0.05, 0.1) is 42.6 Å². The summed E-state index contributed by atoms with van der Waals surface area (Å²) in [6.07, 6.45) is 0. The first kappa shape index (κ1) is 32.0. The molecule has 5 aromatic carbocycles. The van der Waals surface area contributed by atoms with E-state index in [1.807, 2.05) is 109 Å². The third kappa shape index (κ3) is 4.39. The van der Waals surface area contributed by atoms with Crippen LogP contribution in [0.2, 0.25) is 0 Å². The summed E-state index contributed by atoms with van der Waals surface area (Å²) in [5.74, 6) is -2.24. The molecule has 5 aromatic rings. The first-order valence-corrected chi connectivity index (χ1v) is 16.6. The first-order chi connectivity index (χ1) is 24.8. The average Bonchev–Trinajstić information content (AvgIpc) is 3.68. The number of amides is 2. The van der Waals surface area contributed by atoms with Gasteiger partial charge in [0.15, 0.2) is 5.78 Å². The van der Waals surface area contributed by atoms with E-state index in [9.17, 15) is 4.79 Å². The molecule has 0 spiro atoms. The molecular weight excluding hydrogens is 642 g/mol. The van der Waals surface area contributed by atoms with Crippen molar-refractivity contribution in [2.45, 2.75) is 17.8 Å². The number of carbonyl (C=O) groups excluding carboxylic acids is 4. The van der Waals surface area contributed by atoms with E-state index < -0.39 is 40.4 Å². The molecule has 1 saturated heterocycles. The molecule has 8 nitrogen and oxygen atoms in total. The molecule has 8 heteroatoms. The summed E-state index contributed by atoms with van der Waals surface area (Å²) >= 11 is 0. The van der Waals surface area contributed by atoms with Crippen LogP contribution in [0.3, 0.4) is 0 Å². The van der Waals surface area contributed by atoms with Gasteiger partial charge >= 0.3 is 5.97 Å². The van der Waals surface area contributed by atoms with Crippen LogP contribution in [-0.2, 0) is 30.0 Å². The number of imide groups is 1. The minimum atomic E-state index is -1.55. The maximum Gasteiger partial charge on any atom is 0.308 e. The fourth-order valence-electron chi connectivity index (χ4n) is 8.72. The van der Waals surface area contributed by atoms with E-state index in [1.54, 1.807) is 38.5 Å². The molecule has 2 bridgehead atoms. The van der Waals surface area contributed by atoms with Gasteiger partial charge in [0.25, 0.3) is 0 Å².